The zero-order chi connectivity index (χ0) is 12.5. The van der Waals surface area contributed by atoms with Crippen molar-refractivity contribution in [1.82, 2.24) is 9.88 Å². The molecule has 2 aliphatic rings. The molecule has 1 unspecified atom stereocenters. The number of allylic oxidation sites excluding steroid dienone is 1. The molecule has 3 rings (SSSR count). The fraction of sp³-hybridized carbons (Fsp3) is 0.333. The Morgan fingerprint density at radius 2 is 2.39 bits per heavy atom. The molecule has 1 amide bonds. The smallest absolute Gasteiger partial charge is 0.246 e. The van der Waals surface area contributed by atoms with Crippen LogP contribution in [0.15, 0.2) is 41.7 Å². The van der Waals surface area contributed by atoms with Gasteiger partial charge in [-0.25, -0.2) is 0 Å². The maximum absolute atomic E-state index is 11.6. The predicted molar refractivity (Wildman–Crippen MR) is 70.7 cm³/mol. The number of carbonyl (C=O) groups is 1. The van der Waals surface area contributed by atoms with E-state index in [0.29, 0.717) is 6.04 Å². The molecule has 0 radical (unpaired) electrons. The summed E-state index contributed by atoms with van der Waals surface area (Å²) < 4.78 is 0. The zero-order valence-electron chi connectivity index (χ0n) is 10.5. The molecule has 1 fully saturated rings. The molecule has 18 heavy (non-hydrogen) atoms. The van der Waals surface area contributed by atoms with E-state index in [1.54, 1.807) is 12.3 Å². The molecule has 92 valence electrons. The largest absolute Gasteiger partial charge is 0.335 e. The van der Waals surface area contributed by atoms with E-state index in [2.05, 4.69) is 17.1 Å². The maximum Gasteiger partial charge on any atom is 0.246 e. The van der Waals surface area contributed by atoms with E-state index in [0.717, 1.165) is 24.8 Å². The van der Waals surface area contributed by atoms with E-state index in [1.807, 2.05) is 24.2 Å². The third kappa shape index (κ3) is 1.96. The first kappa shape index (κ1) is 11.2. The van der Waals surface area contributed by atoms with Crippen molar-refractivity contribution in [3.63, 3.8) is 0 Å². The van der Waals surface area contributed by atoms with Crippen LogP contribution in [0.5, 0.6) is 0 Å². The van der Waals surface area contributed by atoms with E-state index in [-0.39, 0.29) is 5.91 Å². The normalized spacial score (nSPS) is 25.3. The summed E-state index contributed by atoms with van der Waals surface area (Å²) in [6, 6.07) is 4.35. The van der Waals surface area contributed by atoms with E-state index in [9.17, 15) is 4.79 Å². The van der Waals surface area contributed by atoms with Gasteiger partial charge in [-0.3, -0.25) is 9.78 Å². The summed E-state index contributed by atoms with van der Waals surface area (Å²) in [5.41, 5.74) is 3.81. The number of hydrogen-bond acceptors (Lipinski definition) is 2. The van der Waals surface area contributed by atoms with Crippen molar-refractivity contribution in [1.29, 1.82) is 0 Å². The Morgan fingerprint density at radius 3 is 3.17 bits per heavy atom. The summed E-state index contributed by atoms with van der Waals surface area (Å²) in [6.07, 6.45) is 10.7. The minimum atomic E-state index is 0.151. The van der Waals surface area contributed by atoms with Gasteiger partial charge in [0.05, 0.1) is 6.04 Å². The van der Waals surface area contributed by atoms with Crippen molar-refractivity contribution in [2.24, 2.45) is 0 Å². The fourth-order valence-electron chi connectivity index (χ4n) is 2.80. The molecule has 1 aromatic heterocycles. The molecular weight excluding hydrogens is 224 g/mol. The Labute approximate surface area is 107 Å². The number of pyridine rings is 1. The van der Waals surface area contributed by atoms with Gasteiger partial charge in [-0.15, -0.1) is 0 Å². The highest BCUT2D eigenvalue weighted by Crippen LogP contribution is 2.35. The molecule has 3 heteroatoms. The van der Waals surface area contributed by atoms with Crippen LogP contribution in [-0.4, -0.2) is 28.9 Å². The molecule has 0 aromatic carbocycles. The second-order valence-electron chi connectivity index (χ2n) is 4.99. The molecule has 1 aromatic rings. The molecule has 0 saturated heterocycles. The van der Waals surface area contributed by atoms with Crippen molar-refractivity contribution < 1.29 is 4.79 Å². The molecule has 1 atom stereocenters. The molecular formula is C15H16N2O. The number of nitrogens with zero attached hydrogens (tertiary/aromatic N) is 2. The number of aromatic nitrogens is 1. The van der Waals surface area contributed by atoms with Crippen LogP contribution in [0.2, 0.25) is 0 Å². The molecule has 1 aliphatic heterocycles. The summed E-state index contributed by atoms with van der Waals surface area (Å²) in [4.78, 5) is 17.6. The van der Waals surface area contributed by atoms with Gasteiger partial charge in [0.15, 0.2) is 0 Å². The van der Waals surface area contributed by atoms with E-state index < -0.39 is 0 Å². The Hall–Kier alpha value is -1.90. The van der Waals surface area contributed by atoms with Crippen molar-refractivity contribution in [2.45, 2.75) is 25.3 Å². The summed E-state index contributed by atoms with van der Waals surface area (Å²) in [5.74, 6) is 0.151. The van der Waals surface area contributed by atoms with Crippen molar-refractivity contribution in [3.05, 3.63) is 47.3 Å². The van der Waals surface area contributed by atoms with Gasteiger partial charge in [-0.1, -0.05) is 17.7 Å². The molecule has 0 bridgehead atoms. The van der Waals surface area contributed by atoms with E-state index in [1.165, 1.54) is 11.1 Å². The number of rotatable bonds is 1. The minimum Gasteiger partial charge on any atom is -0.335 e. The van der Waals surface area contributed by atoms with Gasteiger partial charge in [-0.05, 0) is 36.5 Å². The van der Waals surface area contributed by atoms with Crippen molar-refractivity contribution in [3.8, 4) is 0 Å². The third-order valence-electron chi connectivity index (χ3n) is 3.78. The van der Waals surface area contributed by atoms with Gasteiger partial charge in [-0.2, -0.15) is 0 Å². The number of fused-ring (bicyclic) bond motifs is 1. The van der Waals surface area contributed by atoms with Crippen molar-refractivity contribution >= 4 is 12.0 Å². The average Bonchev–Trinajstić information content (AvgIpc) is 2.66. The number of carbonyl (C=O) groups excluding carboxylic acids is 1. The number of amides is 1. The lowest BCUT2D eigenvalue weighted by atomic mass is 9.86. The highest BCUT2D eigenvalue weighted by Gasteiger charge is 2.32. The minimum absolute atomic E-state index is 0.151. The van der Waals surface area contributed by atoms with E-state index >= 15 is 0 Å². The Kier molecular flexibility index (Phi) is 2.74. The van der Waals surface area contributed by atoms with E-state index in [4.69, 9.17) is 0 Å². The Bertz CT molecular complexity index is 531. The monoisotopic (exact) mass is 240 g/mol. The summed E-state index contributed by atoms with van der Waals surface area (Å²) in [7, 11) is 1.90. The first-order chi connectivity index (χ1) is 8.74. The van der Waals surface area contributed by atoms with Crippen LogP contribution in [0.1, 0.15) is 24.8 Å². The van der Waals surface area contributed by atoms with Crippen LogP contribution < -0.4 is 0 Å². The highest BCUT2D eigenvalue weighted by molar-refractivity contribution is 5.92. The predicted octanol–water partition coefficient (Wildman–Crippen LogP) is 2.42. The standard InChI is InChI=1S/C15H16N2O/c1-17-14-5-4-11(8-13(14)9-15(17)18)7-12-3-2-6-16-10-12/h2-3,6-7,9-10,14H,4-5,8H2,1H3. The van der Waals surface area contributed by atoms with Crippen LogP contribution in [0, 0.1) is 0 Å². The average molecular weight is 240 g/mol. The summed E-state index contributed by atoms with van der Waals surface area (Å²) >= 11 is 0. The second-order valence-corrected chi connectivity index (χ2v) is 4.99. The van der Waals surface area contributed by atoms with Gasteiger partial charge in [0.2, 0.25) is 5.91 Å². The van der Waals surface area contributed by atoms with Gasteiger partial charge in [0.25, 0.3) is 0 Å². The van der Waals surface area contributed by atoms with Crippen molar-refractivity contribution in [2.75, 3.05) is 7.05 Å². The quantitative estimate of drug-likeness (QED) is 0.755. The highest BCUT2D eigenvalue weighted by atomic mass is 16.2. The summed E-state index contributed by atoms with van der Waals surface area (Å²) in [5, 5.41) is 0. The molecule has 0 N–H and O–H groups in total. The number of hydrogen-bond donors (Lipinski definition) is 0. The first-order valence-electron chi connectivity index (χ1n) is 6.31. The van der Waals surface area contributed by atoms with Crippen LogP contribution in [0.25, 0.3) is 6.08 Å². The second kappa shape index (κ2) is 4.41. The molecule has 3 nitrogen and oxygen atoms in total. The van der Waals surface area contributed by atoms with Gasteiger partial charge < -0.3 is 4.90 Å². The molecule has 1 aliphatic carbocycles. The SMILES string of the molecule is CN1C(=O)C=C2CC(=Cc3cccnc3)CCC21. The number of likely N-dealkylation sites (N-methyl/N-ethyl adjacent to an activating group) is 1. The van der Waals surface area contributed by atoms with Crippen LogP contribution in [0.4, 0.5) is 0 Å². The molecule has 0 spiro atoms. The van der Waals surface area contributed by atoms with Gasteiger partial charge in [0, 0.05) is 25.5 Å². The van der Waals surface area contributed by atoms with Gasteiger partial charge in [0.1, 0.15) is 0 Å². The topological polar surface area (TPSA) is 33.2 Å². The van der Waals surface area contributed by atoms with Crippen LogP contribution in [-0.2, 0) is 4.79 Å². The van der Waals surface area contributed by atoms with Crippen LogP contribution >= 0.6 is 0 Å². The summed E-state index contributed by atoms with van der Waals surface area (Å²) in [6.45, 7) is 0. The Morgan fingerprint density at radius 1 is 1.50 bits per heavy atom. The molecule has 2 heterocycles. The lowest BCUT2D eigenvalue weighted by molar-refractivity contribution is -0.124. The van der Waals surface area contributed by atoms with Crippen LogP contribution in [0.3, 0.4) is 0 Å². The lowest BCUT2D eigenvalue weighted by Crippen LogP contribution is -2.33. The Balaban J connectivity index is 1.81. The first-order valence-corrected chi connectivity index (χ1v) is 6.31. The zero-order valence-corrected chi connectivity index (χ0v) is 10.5. The fourth-order valence-corrected chi connectivity index (χ4v) is 2.80. The maximum atomic E-state index is 11.6. The third-order valence-corrected chi connectivity index (χ3v) is 3.78. The lowest BCUT2D eigenvalue weighted by Gasteiger charge is -2.28. The molecule has 1 saturated carbocycles. The van der Waals surface area contributed by atoms with Gasteiger partial charge >= 0.3 is 0 Å².